The maximum atomic E-state index is 12.2. The normalized spacial score (nSPS) is 10.6. The first-order valence-electron chi connectivity index (χ1n) is 7.86. The monoisotopic (exact) mass is 353 g/mol. The third-order valence-electron chi connectivity index (χ3n) is 3.74. The van der Waals surface area contributed by atoms with Crippen LogP contribution in [0, 0.1) is 13.8 Å². The van der Waals surface area contributed by atoms with E-state index in [1.807, 2.05) is 54.9 Å². The Morgan fingerprint density at radius 2 is 2.04 bits per heavy atom. The van der Waals surface area contributed by atoms with E-state index in [1.165, 1.54) is 11.8 Å². The van der Waals surface area contributed by atoms with E-state index in [0.717, 1.165) is 22.0 Å². The number of aromatic nitrogens is 2. The third-order valence-corrected chi connectivity index (χ3v) is 4.71. The fourth-order valence-corrected chi connectivity index (χ4v) is 3.24. The minimum atomic E-state index is -0.191. The average molecular weight is 353 g/mol. The number of anilines is 1. The molecule has 1 heterocycles. The number of phenols is 1. The summed E-state index contributed by atoms with van der Waals surface area (Å²) in [5.74, 6) is 0.0826. The van der Waals surface area contributed by atoms with Crippen molar-refractivity contribution in [2.75, 3.05) is 11.1 Å². The van der Waals surface area contributed by atoms with Crippen molar-refractivity contribution >= 4 is 23.4 Å². The molecule has 1 amide bonds. The van der Waals surface area contributed by atoms with Crippen LogP contribution in [0.2, 0.25) is 0 Å². The molecule has 0 atom stereocenters. The van der Waals surface area contributed by atoms with E-state index in [2.05, 4.69) is 10.3 Å². The van der Waals surface area contributed by atoms with Crippen LogP contribution in [0.5, 0.6) is 5.75 Å². The molecule has 3 rings (SSSR count). The van der Waals surface area contributed by atoms with Crippen molar-refractivity contribution in [2.24, 2.45) is 0 Å². The van der Waals surface area contributed by atoms with Crippen LogP contribution < -0.4 is 5.32 Å². The maximum Gasteiger partial charge on any atom is 0.234 e. The first kappa shape index (κ1) is 17.1. The van der Waals surface area contributed by atoms with Crippen LogP contribution in [0.3, 0.4) is 0 Å². The number of nitrogens with zero attached hydrogens (tertiary/aromatic N) is 2. The van der Waals surface area contributed by atoms with Crippen LogP contribution in [-0.4, -0.2) is 26.3 Å². The van der Waals surface area contributed by atoms with E-state index in [-0.39, 0.29) is 17.4 Å². The molecule has 0 saturated heterocycles. The number of amides is 1. The molecule has 0 bridgehead atoms. The third kappa shape index (κ3) is 4.03. The Balaban J connectivity index is 1.67. The topological polar surface area (TPSA) is 67.2 Å². The second-order valence-corrected chi connectivity index (χ2v) is 6.67. The largest absolute Gasteiger partial charge is 0.506 e. The zero-order chi connectivity index (χ0) is 17.8. The Morgan fingerprint density at radius 1 is 1.24 bits per heavy atom. The second-order valence-electron chi connectivity index (χ2n) is 5.72. The number of para-hydroxylation sites is 1. The lowest BCUT2D eigenvalue weighted by Crippen LogP contribution is -2.14. The summed E-state index contributed by atoms with van der Waals surface area (Å²) in [7, 11) is 0. The number of aromatic hydroxyl groups is 1. The Labute approximate surface area is 150 Å². The Bertz CT molecular complexity index is 905. The van der Waals surface area contributed by atoms with Gasteiger partial charge in [0.25, 0.3) is 0 Å². The highest BCUT2D eigenvalue weighted by Crippen LogP contribution is 2.25. The summed E-state index contributed by atoms with van der Waals surface area (Å²) in [6.07, 6.45) is 3.60. The molecule has 0 fully saturated rings. The molecule has 2 aromatic carbocycles. The second kappa shape index (κ2) is 7.44. The molecule has 1 aromatic heterocycles. The van der Waals surface area contributed by atoms with Crippen molar-refractivity contribution in [3.8, 4) is 11.4 Å². The van der Waals surface area contributed by atoms with E-state index < -0.39 is 0 Å². The van der Waals surface area contributed by atoms with E-state index in [1.54, 1.807) is 18.3 Å². The highest BCUT2D eigenvalue weighted by Gasteiger charge is 2.11. The van der Waals surface area contributed by atoms with Crippen molar-refractivity contribution in [1.29, 1.82) is 0 Å². The van der Waals surface area contributed by atoms with Crippen molar-refractivity contribution < 1.29 is 9.90 Å². The average Bonchev–Trinajstić information content (AvgIpc) is 3.04. The number of thioether (sulfide) groups is 1. The van der Waals surface area contributed by atoms with Gasteiger partial charge in [0.1, 0.15) is 5.75 Å². The van der Waals surface area contributed by atoms with Gasteiger partial charge in [0, 0.05) is 12.4 Å². The van der Waals surface area contributed by atoms with Crippen molar-refractivity contribution in [2.45, 2.75) is 19.0 Å². The van der Waals surface area contributed by atoms with Crippen LogP contribution in [-0.2, 0) is 4.79 Å². The number of carbonyl (C=O) groups is 1. The fourth-order valence-electron chi connectivity index (χ4n) is 2.48. The number of carbonyl (C=O) groups excluding carboxylic acids is 1. The van der Waals surface area contributed by atoms with Crippen LogP contribution in [0.15, 0.2) is 60.0 Å². The van der Waals surface area contributed by atoms with Gasteiger partial charge in [-0.05, 0) is 43.2 Å². The van der Waals surface area contributed by atoms with Gasteiger partial charge in [-0.15, -0.1) is 0 Å². The van der Waals surface area contributed by atoms with Gasteiger partial charge in [0.2, 0.25) is 5.91 Å². The SMILES string of the molecule is Cc1ccc(NC(=O)CSc2nccn2-c2ccccc2C)c(O)c1. The van der Waals surface area contributed by atoms with Gasteiger partial charge in [-0.25, -0.2) is 4.98 Å². The van der Waals surface area contributed by atoms with Gasteiger partial charge < -0.3 is 10.4 Å². The molecule has 0 spiro atoms. The molecule has 3 aromatic rings. The van der Waals surface area contributed by atoms with Crippen molar-refractivity contribution in [3.63, 3.8) is 0 Å². The summed E-state index contributed by atoms with van der Waals surface area (Å²) in [6.45, 7) is 3.92. The first-order valence-corrected chi connectivity index (χ1v) is 8.85. The van der Waals surface area contributed by atoms with Crippen LogP contribution >= 0.6 is 11.8 Å². The molecule has 0 saturated carbocycles. The van der Waals surface area contributed by atoms with Crippen LogP contribution in [0.4, 0.5) is 5.69 Å². The maximum absolute atomic E-state index is 12.2. The summed E-state index contributed by atoms with van der Waals surface area (Å²) < 4.78 is 1.97. The van der Waals surface area contributed by atoms with E-state index >= 15 is 0 Å². The molecular formula is C19H19N3O2S. The molecule has 128 valence electrons. The molecule has 5 nitrogen and oxygen atoms in total. The summed E-state index contributed by atoms with van der Waals surface area (Å²) >= 11 is 1.35. The van der Waals surface area contributed by atoms with Gasteiger partial charge in [-0.2, -0.15) is 0 Å². The van der Waals surface area contributed by atoms with Gasteiger partial charge in [-0.3, -0.25) is 9.36 Å². The molecule has 2 N–H and O–H groups in total. The van der Waals surface area contributed by atoms with Crippen molar-refractivity contribution in [1.82, 2.24) is 9.55 Å². The van der Waals surface area contributed by atoms with Gasteiger partial charge in [0.05, 0.1) is 17.1 Å². The quantitative estimate of drug-likeness (QED) is 0.539. The first-order chi connectivity index (χ1) is 12.0. The molecule has 0 aliphatic rings. The van der Waals surface area contributed by atoms with Crippen LogP contribution in [0.1, 0.15) is 11.1 Å². The Morgan fingerprint density at radius 3 is 2.80 bits per heavy atom. The smallest absolute Gasteiger partial charge is 0.234 e. The number of imidazole rings is 1. The van der Waals surface area contributed by atoms with Crippen LogP contribution in [0.25, 0.3) is 5.69 Å². The molecule has 0 aliphatic heterocycles. The molecule has 0 aliphatic carbocycles. The van der Waals surface area contributed by atoms with E-state index in [4.69, 9.17) is 0 Å². The molecular weight excluding hydrogens is 334 g/mol. The van der Waals surface area contributed by atoms with Gasteiger partial charge >= 0.3 is 0 Å². The predicted octanol–water partition coefficient (Wildman–Crippen LogP) is 3.93. The number of nitrogens with one attached hydrogen (secondary N) is 1. The lowest BCUT2D eigenvalue weighted by atomic mass is 10.2. The number of benzene rings is 2. The lowest BCUT2D eigenvalue weighted by molar-refractivity contribution is -0.113. The summed E-state index contributed by atoms with van der Waals surface area (Å²) in [4.78, 5) is 16.5. The van der Waals surface area contributed by atoms with Gasteiger partial charge in [0.15, 0.2) is 5.16 Å². The number of hydrogen-bond donors (Lipinski definition) is 2. The van der Waals surface area contributed by atoms with E-state index in [0.29, 0.717) is 5.69 Å². The standard InChI is InChI=1S/C19H19N3O2S/c1-13-7-8-15(17(23)11-13)21-18(24)12-25-19-20-9-10-22(19)16-6-4-3-5-14(16)2/h3-11,23H,12H2,1-2H3,(H,21,24). The minimum absolute atomic E-state index is 0.0692. The zero-order valence-corrected chi connectivity index (χ0v) is 14.9. The molecule has 0 radical (unpaired) electrons. The minimum Gasteiger partial charge on any atom is -0.506 e. The Hall–Kier alpha value is -2.73. The molecule has 0 unspecified atom stereocenters. The summed E-state index contributed by atoms with van der Waals surface area (Å²) in [6, 6.07) is 13.2. The Kier molecular flexibility index (Phi) is 5.09. The van der Waals surface area contributed by atoms with Crippen molar-refractivity contribution in [3.05, 3.63) is 66.0 Å². The number of phenolic OH excluding ortho intramolecular Hbond substituents is 1. The zero-order valence-electron chi connectivity index (χ0n) is 14.1. The number of rotatable bonds is 5. The summed E-state index contributed by atoms with van der Waals surface area (Å²) in [5, 5.41) is 13.3. The number of aryl methyl sites for hydroxylation is 2. The highest BCUT2D eigenvalue weighted by molar-refractivity contribution is 7.99. The molecule has 6 heteroatoms. The fraction of sp³-hybridized carbons (Fsp3) is 0.158. The van der Waals surface area contributed by atoms with E-state index in [9.17, 15) is 9.90 Å². The lowest BCUT2D eigenvalue weighted by Gasteiger charge is -2.11. The van der Waals surface area contributed by atoms with Gasteiger partial charge in [-0.1, -0.05) is 36.0 Å². The predicted molar refractivity (Wildman–Crippen MR) is 100 cm³/mol. The molecule has 25 heavy (non-hydrogen) atoms. The highest BCUT2D eigenvalue weighted by atomic mass is 32.2. The summed E-state index contributed by atoms with van der Waals surface area (Å²) in [5.41, 5.74) is 3.53. The number of hydrogen-bond acceptors (Lipinski definition) is 4.